The second-order valence-corrected chi connectivity index (χ2v) is 6.29. The minimum atomic E-state index is 0. The van der Waals surface area contributed by atoms with Crippen LogP contribution in [0.1, 0.15) is 23.4 Å². The lowest BCUT2D eigenvalue weighted by Crippen LogP contribution is -2.39. The lowest BCUT2D eigenvalue weighted by Gasteiger charge is -2.13. The number of hydrogen-bond acceptors (Lipinski definition) is 4. The summed E-state index contributed by atoms with van der Waals surface area (Å²) in [4.78, 5) is 4.23. The number of rotatable bonds is 10. The molecule has 28 heavy (non-hydrogen) atoms. The largest absolute Gasteiger partial charge is 0.496 e. The Hall–Kier alpha value is -1.81. The van der Waals surface area contributed by atoms with Crippen LogP contribution in [0.5, 0.6) is 5.75 Å². The molecular weight excluding hydrogens is 469 g/mol. The van der Waals surface area contributed by atoms with Gasteiger partial charge in [0.25, 0.3) is 0 Å². The first-order chi connectivity index (χ1) is 13.1. The zero-order chi connectivity index (χ0) is 19.5. The number of halogens is 1. The van der Waals surface area contributed by atoms with E-state index in [1.807, 2.05) is 35.9 Å². The van der Waals surface area contributed by atoms with E-state index in [-0.39, 0.29) is 24.0 Å². The van der Waals surface area contributed by atoms with Gasteiger partial charge in [-0.1, -0.05) is 18.2 Å². The standard InChI is InChI=1S/C20H31N5O2.HI/c1-16-14-17(2)25(24-16)12-7-10-22-20(21-3)23-11-13-27-15-18-8-5-6-9-19(18)26-4;/h5-6,8-9,14H,7,10-13,15H2,1-4H3,(H2,21,22,23);1H. The highest BCUT2D eigenvalue weighted by atomic mass is 127. The number of para-hydroxylation sites is 1. The molecule has 0 amide bonds. The predicted molar refractivity (Wildman–Crippen MR) is 124 cm³/mol. The molecule has 0 saturated carbocycles. The van der Waals surface area contributed by atoms with Crippen LogP contribution in [-0.2, 0) is 17.9 Å². The molecule has 2 aromatic rings. The Labute approximate surface area is 184 Å². The van der Waals surface area contributed by atoms with Crippen LogP contribution in [0.4, 0.5) is 0 Å². The molecule has 7 nitrogen and oxygen atoms in total. The van der Waals surface area contributed by atoms with Crippen molar-refractivity contribution in [1.29, 1.82) is 0 Å². The number of nitrogens with one attached hydrogen (secondary N) is 2. The van der Waals surface area contributed by atoms with Gasteiger partial charge in [0.2, 0.25) is 0 Å². The molecule has 0 unspecified atom stereocenters. The fourth-order valence-corrected chi connectivity index (χ4v) is 2.80. The van der Waals surface area contributed by atoms with Crippen LogP contribution in [0.3, 0.4) is 0 Å². The molecule has 1 aromatic heterocycles. The van der Waals surface area contributed by atoms with Crippen LogP contribution in [0.15, 0.2) is 35.3 Å². The van der Waals surface area contributed by atoms with Crippen molar-refractivity contribution < 1.29 is 9.47 Å². The molecule has 0 saturated heterocycles. The van der Waals surface area contributed by atoms with Crippen LogP contribution < -0.4 is 15.4 Å². The number of nitrogens with zero attached hydrogens (tertiary/aromatic N) is 3. The molecule has 1 heterocycles. The lowest BCUT2D eigenvalue weighted by molar-refractivity contribution is 0.123. The van der Waals surface area contributed by atoms with Crippen molar-refractivity contribution >= 4 is 29.9 Å². The van der Waals surface area contributed by atoms with Crippen LogP contribution in [0, 0.1) is 13.8 Å². The van der Waals surface area contributed by atoms with Gasteiger partial charge < -0.3 is 20.1 Å². The summed E-state index contributed by atoms with van der Waals surface area (Å²) in [5.41, 5.74) is 3.31. The molecule has 0 fully saturated rings. The molecule has 0 aliphatic heterocycles. The molecule has 0 aliphatic rings. The van der Waals surface area contributed by atoms with Gasteiger partial charge in [-0.3, -0.25) is 9.67 Å². The van der Waals surface area contributed by atoms with Crippen LogP contribution >= 0.6 is 24.0 Å². The third-order valence-corrected chi connectivity index (χ3v) is 4.16. The summed E-state index contributed by atoms with van der Waals surface area (Å²) >= 11 is 0. The zero-order valence-electron chi connectivity index (χ0n) is 17.2. The van der Waals surface area contributed by atoms with E-state index in [0.29, 0.717) is 19.8 Å². The summed E-state index contributed by atoms with van der Waals surface area (Å²) in [5.74, 6) is 1.63. The lowest BCUT2D eigenvalue weighted by atomic mass is 10.2. The van der Waals surface area contributed by atoms with Crippen molar-refractivity contribution in [3.63, 3.8) is 0 Å². The monoisotopic (exact) mass is 501 g/mol. The van der Waals surface area contributed by atoms with Crippen molar-refractivity contribution in [2.45, 2.75) is 33.4 Å². The van der Waals surface area contributed by atoms with Gasteiger partial charge in [0.1, 0.15) is 5.75 Å². The Bertz CT molecular complexity index is 733. The summed E-state index contributed by atoms with van der Waals surface area (Å²) in [7, 11) is 3.44. The van der Waals surface area contributed by atoms with Crippen LogP contribution in [0.25, 0.3) is 0 Å². The molecule has 156 valence electrons. The number of aliphatic imine (C=N–C) groups is 1. The Kier molecular flexibility index (Phi) is 11.6. The van der Waals surface area contributed by atoms with Crippen molar-refractivity contribution in [2.24, 2.45) is 4.99 Å². The van der Waals surface area contributed by atoms with Gasteiger partial charge in [0, 0.05) is 37.9 Å². The van der Waals surface area contributed by atoms with E-state index in [9.17, 15) is 0 Å². The van der Waals surface area contributed by atoms with E-state index in [2.05, 4.69) is 33.7 Å². The summed E-state index contributed by atoms with van der Waals surface area (Å²) in [6.07, 6.45) is 0.979. The molecule has 0 bridgehead atoms. The highest BCUT2D eigenvalue weighted by Gasteiger charge is 2.03. The number of guanidine groups is 1. The van der Waals surface area contributed by atoms with E-state index in [4.69, 9.17) is 9.47 Å². The zero-order valence-corrected chi connectivity index (χ0v) is 19.5. The molecule has 0 aliphatic carbocycles. The van der Waals surface area contributed by atoms with Gasteiger partial charge in [0.05, 0.1) is 26.0 Å². The third-order valence-electron chi connectivity index (χ3n) is 4.16. The fourth-order valence-electron chi connectivity index (χ4n) is 2.80. The maximum atomic E-state index is 5.72. The van der Waals surface area contributed by atoms with E-state index in [0.717, 1.165) is 42.5 Å². The maximum absolute atomic E-state index is 5.72. The number of aryl methyl sites for hydroxylation is 3. The summed E-state index contributed by atoms with van der Waals surface area (Å²) in [6.45, 7) is 7.63. The van der Waals surface area contributed by atoms with Gasteiger partial charge in [-0.2, -0.15) is 5.10 Å². The smallest absolute Gasteiger partial charge is 0.191 e. The number of aromatic nitrogens is 2. The van der Waals surface area contributed by atoms with Gasteiger partial charge >= 0.3 is 0 Å². The number of hydrogen-bond donors (Lipinski definition) is 2. The highest BCUT2D eigenvalue weighted by molar-refractivity contribution is 14.0. The van der Waals surface area contributed by atoms with Crippen molar-refractivity contribution in [1.82, 2.24) is 20.4 Å². The third kappa shape index (κ3) is 8.05. The number of benzene rings is 1. The van der Waals surface area contributed by atoms with Gasteiger partial charge in [0.15, 0.2) is 5.96 Å². The van der Waals surface area contributed by atoms with Crippen LogP contribution in [-0.4, -0.2) is 49.6 Å². The molecule has 2 rings (SSSR count). The van der Waals surface area contributed by atoms with E-state index in [1.165, 1.54) is 5.69 Å². The minimum absolute atomic E-state index is 0. The van der Waals surface area contributed by atoms with Crippen molar-refractivity contribution in [2.75, 3.05) is 33.9 Å². The molecule has 1 aromatic carbocycles. The van der Waals surface area contributed by atoms with Gasteiger partial charge in [-0.05, 0) is 32.4 Å². The molecule has 0 spiro atoms. The highest BCUT2D eigenvalue weighted by Crippen LogP contribution is 2.17. The normalized spacial score (nSPS) is 11.1. The topological polar surface area (TPSA) is 72.7 Å². The first-order valence-electron chi connectivity index (χ1n) is 9.29. The average molecular weight is 501 g/mol. The van der Waals surface area contributed by atoms with E-state index >= 15 is 0 Å². The summed E-state index contributed by atoms with van der Waals surface area (Å²) < 4.78 is 13.1. The predicted octanol–water partition coefficient (Wildman–Crippen LogP) is 2.90. The Morgan fingerprint density at radius 1 is 1.18 bits per heavy atom. The Balaban J connectivity index is 0.00000392. The van der Waals surface area contributed by atoms with Crippen LogP contribution in [0.2, 0.25) is 0 Å². The molecule has 0 radical (unpaired) electrons. The molecular formula is C20H32IN5O2. The molecule has 2 N–H and O–H groups in total. The first kappa shape index (κ1) is 24.2. The van der Waals surface area contributed by atoms with E-state index < -0.39 is 0 Å². The van der Waals surface area contributed by atoms with Crippen molar-refractivity contribution in [3.05, 3.63) is 47.3 Å². The summed E-state index contributed by atoms with van der Waals surface area (Å²) in [6, 6.07) is 9.98. The van der Waals surface area contributed by atoms with E-state index in [1.54, 1.807) is 14.2 Å². The molecule has 8 heteroatoms. The SMILES string of the molecule is CN=C(NCCCn1nc(C)cc1C)NCCOCc1ccccc1OC.I. The Morgan fingerprint density at radius 2 is 1.93 bits per heavy atom. The Morgan fingerprint density at radius 3 is 2.61 bits per heavy atom. The minimum Gasteiger partial charge on any atom is -0.496 e. The number of ether oxygens (including phenoxy) is 2. The second-order valence-electron chi connectivity index (χ2n) is 6.29. The van der Waals surface area contributed by atoms with Gasteiger partial charge in [-0.25, -0.2) is 0 Å². The molecule has 0 atom stereocenters. The van der Waals surface area contributed by atoms with Crippen molar-refractivity contribution in [3.8, 4) is 5.75 Å². The summed E-state index contributed by atoms with van der Waals surface area (Å²) in [5, 5.41) is 11.0. The quantitative estimate of drug-likeness (QED) is 0.227. The first-order valence-corrected chi connectivity index (χ1v) is 9.29. The van der Waals surface area contributed by atoms with Gasteiger partial charge in [-0.15, -0.1) is 24.0 Å². The maximum Gasteiger partial charge on any atom is 0.191 e. The second kappa shape index (κ2) is 13.4. The average Bonchev–Trinajstić information content (AvgIpc) is 3.00. The number of methoxy groups -OCH3 is 1. The fraction of sp³-hybridized carbons (Fsp3) is 0.500.